The fraction of sp³-hybridized carbons (Fsp3) is 0.353. The van der Waals surface area contributed by atoms with Gasteiger partial charge in [0.25, 0.3) is 5.91 Å². The van der Waals surface area contributed by atoms with Gasteiger partial charge in [0, 0.05) is 25.5 Å². The summed E-state index contributed by atoms with van der Waals surface area (Å²) in [6.45, 7) is -0.101. The zero-order chi connectivity index (χ0) is 19.4. The third-order valence-electron chi connectivity index (χ3n) is 3.87. The Morgan fingerprint density at radius 2 is 1.81 bits per heavy atom. The monoisotopic (exact) mass is 363 g/mol. The molecule has 1 heterocycles. The van der Waals surface area contributed by atoms with Gasteiger partial charge in [0.2, 0.25) is 0 Å². The van der Waals surface area contributed by atoms with Crippen LogP contribution in [0.25, 0.3) is 0 Å². The predicted molar refractivity (Wildman–Crippen MR) is 93.6 cm³/mol. The van der Waals surface area contributed by atoms with Crippen LogP contribution >= 0.6 is 0 Å². The Kier molecular flexibility index (Phi) is 5.83. The number of carbonyl (C=O) groups is 3. The van der Waals surface area contributed by atoms with Crippen LogP contribution in [-0.2, 0) is 23.8 Å². The molecule has 0 spiro atoms. The summed E-state index contributed by atoms with van der Waals surface area (Å²) in [4.78, 5) is 39.3. The van der Waals surface area contributed by atoms with E-state index in [1.54, 1.807) is 31.1 Å². The highest BCUT2D eigenvalue weighted by Gasteiger charge is 2.32. The van der Waals surface area contributed by atoms with Gasteiger partial charge in [-0.1, -0.05) is 0 Å². The number of anilines is 2. The van der Waals surface area contributed by atoms with Crippen LogP contribution in [0.4, 0.5) is 11.4 Å². The average molecular weight is 363 g/mol. The van der Waals surface area contributed by atoms with Gasteiger partial charge in [-0.3, -0.25) is 4.79 Å². The average Bonchev–Trinajstić information content (AvgIpc) is 2.65. The summed E-state index contributed by atoms with van der Waals surface area (Å²) in [7, 11) is 5.98. The highest BCUT2D eigenvalue weighted by Crippen LogP contribution is 2.30. The molecule has 0 unspecified atom stereocenters. The Morgan fingerprint density at radius 3 is 2.35 bits per heavy atom. The molecule has 2 N–H and O–H groups in total. The molecule has 9 nitrogen and oxygen atoms in total. The predicted octanol–water partition coefficient (Wildman–Crippen LogP) is 0.246. The quantitative estimate of drug-likeness (QED) is 0.741. The Labute approximate surface area is 150 Å². The number of hydrogen-bond acceptors (Lipinski definition) is 8. The molecular weight excluding hydrogens is 342 g/mol. The highest BCUT2D eigenvalue weighted by atomic mass is 16.5. The van der Waals surface area contributed by atoms with Crippen LogP contribution in [0.3, 0.4) is 0 Å². The molecule has 2 rings (SSSR count). The maximum absolute atomic E-state index is 12.3. The second-order valence-electron chi connectivity index (χ2n) is 5.68. The van der Waals surface area contributed by atoms with Crippen molar-refractivity contribution in [2.45, 2.75) is 0 Å². The van der Waals surface area contributed by atoms with E-state index in [9.17, 15) is 14.4 Å². The zero-order valence-electron chi connectivity index (χ0n) is 15.1. The molecular formula is C17H21N3O6. The summed E-state index contributed by atoms with van der Waals surface area (Å²) in [6, 6.07) is 4.91. The molecule has 1 amide bonds. The summed E-state index contributed by atoms with van der Waals surface area (Å²) < 4.78 is 14.9. The van der Waals surface area contributed by atoms with Gasteiger partial charge in [0.15, 0.2) is 0 Å². The van der Waals surface area contributed by atoms with Crippen molar-refractivity contribution >= 4 is 29.2 Å². The van der Waals surface area contributed by atoms with Crippen molar-refractivity contribution in [3.8, 4) is 0 Å². The number of nitrogens with zero attached hydrogens (tertiary/aromatic N) is 2. The van der Waals surface area contributed by atoms with E-state index in [0.29, 0.717) is 11.4 Å². The van der Waals surface area contributed by atoms with Gasteiger partial charge >= 0.3 is 11.9 Å². The van der Waals surface area contributed by atoms with E-state index in [1.165, 1.54) is 25.2 Å². The van der Waals surface area contributed by atoms with Crippen molar-refractivity contribution < 1.29 is 28.6 Å². The molecule has 1 aromatic rings. The number of hydrogen-bond donors (Lipinski definition) is 1. The topological polar surface area (TPSA) is 111 Å². The molecule has 0 saturated carbocycles. The Hall–Kier alpha value is -3.07. The number of carbonyl (C=O) groups excluding carboxylic acids is 3. The molecule has 1 aromatic carbocycles. The van der Waals surface area contributed by atoms with Crippen molar-refractivity contribution in [3.63, 3.8) is 0 Å². The maximum atomic E-state index is 12.3. The summed E-state index contributed by atoms with van der Waals surface area (Å²) in [5.74, 6) is -2.04. The fourth-order valence-corrected chi connectivity index (χ4v) is 2.63. The first-order valence-corrected chi connectivity index (χ1v) is 7.68. The molecule has 0 saturated heterocycles. The SMILES string of the molecule is COC(=O)C1=C(C(=O)OC)N(c2ccc(N(C)C)c(C(N)=O)c2)COC1. The van der Waals surface area contributed by atoms with Crippen LogP contribution in [0.2, 0.25) is 0 Å². The van der Waals surface area contributed by atoms with E-state index in [2.05, 4.69) is 0 Å². The number of rotatable bonds is 5. The van der Waals surface area contributed by atoms with Gasteiger partial charge in [-0.15, -0.1) is 0 Å². The van der Waals surface area contributed by atoms with Crippen molar-refractivity contribution in [3.05, 3.63) is 35.0 Å². The van der Waals surface area contributed by atoms with Crippen molar-refractivity contribution in [2.75, 3.05) is 51.5 Å². The molecule has 9 heteroatoms. The zero-order valence-corrected chi connectivity index (χ0v) is 15.1. The lowest BCUT2D eigenvalue weighted by Crippen LogP contribution is -2.39. The lowest BCUT2D eigenvalue weighted by atomic mass is 10.1. The second-order valence-corrected chi connectivity index (χ2v) is 5.68. The molecule has 26 heavy (non-hydrogen) atoms. The highest BCUT2D eigenvalue weighted by molar-refractivity contribution is 6.04. The minimum Gasteiger partial charge on any atom is -0.466 e. The standard InChI is InChI=1S/C17H21N3O6/c1-19(2)13-6-5-10(7-11(13)15(18)21)20-9-26-8-12(16(22)24-3)14(20)17(23)25-4/h5-7H,8-9H2,1-4H3,(H2,18,21). The van der Waals surface area contributed by atoms with Gasteiger partial charge in [-0.05, 0) is 18.2 Å². The molecule has 0 bridgehead atoms. The third kappa shape index (κ3) is 3.62. The number of ether oxygens (including phenoxy) is 3. The first-order chi connectivity index (χ1) is 12.3. The number of nitrogens with two attached hydrogens (primary N) is 1. The van der Waals surface area contributed by atoms with Gasteiger partial charge in [0.05, 0.1) is 32.0 Å². The van der Waals surface area contributed by atoms with Crippen LogP contribution in [0.1, 0.15) is 10.4 Å². The minimum atomic E-state index is -0.717. The lowest BCUT2D eigenvalue weighted by molar-refractivity contribution is -0.140. The van der Waals surface area contributed by atoms with Gasteiger partial charge in [0.1, 0.15) is 12.4 Å². The number of esters is 2. The minimum absolute atomic E-state index is 0.00127. The normalized spacial score (nSPS) is 14.1. The lowest BCUT2D eigenvalue weighted by Gasteiger charge is -2.32. The molecule has 140 valence electrons. The molecule has 0 radical (unpaired) electrons. The summed E-state index contributed by atoms with van der Waals surface area (Å²) in [5.41, 5.74) is 6.84. The second kappa shape index (κ2) is 7.87. The number of methoxy groups -OCH3 is 2. The van der Waals surface area contributed by atoms with E-state index in [0.717, 1.165) is 0 Å². The van der Waals surface area contributed by atoms with Crippen LogP contribution in [-0.4, -0.2) is 59.5 Å². The Bertz CT molecular complexity index is 772. The maximum Gasteiger partial charge on any atom is 0.355 e. The molecule has 0 aliphatic carbocycles. The van der Waals surface area contributed by atoms with E-state index in [4.69, 9.17) is 19.9 Å². The molecule has 0 atom stereocenters. The van der Waals surface area contributed by atoms with Gasteiger partial charge in [-0.25, -0.2) is 9.59 Å². The molecule has 0 fully saturated rings. The van der Waals surface area contributed by atoms with E-state index < -0.39 is 17.8 Å². The Morgan fingerprint density at radius 1 is 1.15 bits per heavy atom. The number of benzene rings is 1. The van der Waals surface area contributed by atoms with E-state index >= 15 is 0 Å². The molecule has 0 aromatic heterocycles. The van der Waals surface area contributed by atoms with E-state index in [1.807, 2.05) is 0 Å². The first kappa shape index (κ1) is 19.3. The largest absolute Gasteiger partial charge is 0.466 e. The molecule has 1 aliphatic heterocycles. The third-order valence-corrected chi connectivity index (χ3v) is 3.87. The van der Waals surface area contributed by atoms with Crippen molar-refractivity contribution in [1.29, 1.82) is 0 Å². The van der Waals surface area contributed by atoms with Crippen molar-refractivity contribution in [2.24, 2.45) is 5.73 Å². The number of amides is 1. The molecule has 1 aliphatic rings. The van der Waals surface area contributed by atoms with E-state index in [-0.39, 0.29) is 30.2 Å². The van der Waals surface area contributed by atoms with Crippen LogP contribution in [0.15, 0.2) is 29.5 Å². The fourth-order valence-electron chi connectivity index (χ4n) is 2.63. The Balaban J connectivity index is 2.61. The van der Waals surface area contributed by atoms with Gasteiger partial charge in [-0.2, -0.15) is 0 Å². The first-order valence-electron chi connectivity index (χ1n) is 7.68. The van der Waals surface area contributed by atoms with Crippen molar-refractivity contribution in [1.82, 2.24) is 0 Å². The van der Waals surface area contributed by atoms with Crippen LogP contribution in [0.5, 0.6) is 0 Å². The smallest absolute Gasteiger partial charge is 0.355 e. The van der Waals surface area contributed by atoms with Crippen LogP contribution < -0.4 is 15.5 Å². The number of primary amides is 1. The summed E-state index contributed by atoms with van der Waals surface area (Å²) >= 11 is 0. The van der Waals surface area contributed by atoms with Gasteiger partial charge < -0.3 is 29.7 Å². The summed E-state index contributed by atoms with van der Waals surface area (Å²) in [5, 5.41) is 0. The van der Waals surface area contributed by atoms with Crippen LogP contribution in [0, 0.1) is 0 Å². The summed E-state index contributed by atoms with van der Waals surface area (Å²) in [6.07, 6.45) is 0.